The largest absolute Gasteiger partial charge is 0.436 e. The van der Waals surface area contributed by atoms with Crippen LogP contribution in [0.1, 0.15) is 13.8 Å². The molecule has 5 heteroatoms. The molecule has 0 bridgehead atoms. The van der Waals surface area contributed by atoms with Crippen LogP contribution in [0.15, 0.2) is 46.9 Å². The zero-order valence-electron chi connectivity index (χ0n) is 12.3. The molecule has 1 amide bonds. The molecular formula is C17H15IN2O2. The van der Waals surface area contributed by atoms with Gasteiger partial charge in [-0.2, -0.15) is 0 Å². The smallest absolute Gasteiger partial charge is 0.227 e. The molecule has 1 aromatic heterocycles. The molecule has 112 valence electrons. The third-order valence-corrected chi connectivity index (χ3v) is 3.92. The third kappa shape index (κ3) is 3.14. The zero-order valence-corrected chi connectivity index (χ0v) is 14.4. The Labute approximate surface area is 142 Å². The monoisotopic (exact) mass is 406 g/mol. The first-order valence-electron chi connectivity index (χ1n) is 7.00. The highest BCUT2D eigenvalue weighted by molar-refractivity contribution is 14.1. The van der Waals surface area contributed by atoms with Gasteiger partial charge < -0.3 is 9.73 Å². The van der Waals surface area contributed by atoms with Crippen LogP contribution < -0.4 is 5.32 Å². The van der Waals surface area contributed by atoms with Crippen LogP contribution in [0.4, 0.5) is 5.69 Å². The predicted molar refractivity (Wildman–Crippen MR) is 95.6 cm³/mol. The third-order valence-electron chi connectivity index (χ3n) is 3.25. The molecule has 1 N–H and O–H groups in total. The minimum absolute atomic E-state index is 0.0133. The average molecular weight is 406 g/mol. The number of halogens is 1. The lowest BCUT2D eigenvalue weighted by atomic mass is 10.2. The van der Waals surface area contributed by atoms with Crippen molar-refractivity contribution in [2.75, 3.05) is 5.32 Å². The maximum absolute atomic E-state index is 11.8. The molecule has 0 atom stereocenters. The highest BCUT2D eigenvalue weighted by Gasteiger charge is 2.11. The standard InChI is InChI=1S/C17H15IN2O2/c1-10(2)16(21)19-13-6-7-15-14(9-13)20-17(22-15)11-4-3-5-12(18)8-11/h3-10H,1-2H3,(H,19,21). The highest BCUT2D eigenvalue weighted by Crippen LogP contribution is 2.27. The van der Waals surface area contributed by atoms with E-state index in [1.807, 2.05) is 56.3 Å². The summed E-state index contributed by atoms with van der Waals surface area (Å²) in [7, 11) is 0. The molecular weight excluding hydrogens is 391 g/mol. The van der Waals surface area contributed by atoms with Crippen molar-refractivity contribution in [3.05, 3.63) is 46.0 Å². The summed E-state index contributed by atoms with van der Waals surface area (Å²) in [6.07, 6.45) is 0. The molecule has 0 spiro atoms. The maximum Gasteiger partial charge on any atom is 0.227 e. The Kier molecular flexibility index (Phi) is 4.15. The van der Waals surface area contributed by atoms with Crippen molar-refractivity contribution < 1.29 is 9.21 Å². The van der Waals surface area contributed by atoms with E-state index in [0.29, 0.717) is 11.5 Å². The average Bonchev–Trinajstić information content (AvgIpc) is 2.90. The molecule has 1 heterocycles. The van der Waals surface area contributed by atoms with Crippen LogP contribution in [0.3, 0.4) is 0 Å². The summed E-state index contributed by atoms with van der Waals surface area (Å²) in [6.45, 7) is 3.72. The fourth-order valence-electron chi connectivity index (χ4n) is 2.04. The number of oxazole rings is 1. The summed E-state index contributed by atoms with van der Waals surface area (Å²) in [5.74, 6) is 0.511. The van der Waals surface area contributed by atoms with E-state index in [2.05, 4.69) is 32.9 Å². The molecule has 22 heavy (non-hydrogen) atoms. The quantitative estimate of drug-likeness (QED) is 0.642. The van der Waals surface area contributed by atoms with E-state index in [1.54, 1.807) is 0 Å². The summed E-state index contributed by atoms with van der Waals surface area (Å²) in [6, 6.07) is 13.5. The fraction of sp³-hybridized carbons (Fsp3) is 0.176. The molecule has 0 aliphatic heterocycles. The van der Waals surface area contributed by atoms with Crippen molar-refractivity contribution in [3.63, 3.8) is 0 Å². The molecule has 4 nitrogen and oxygen atoms in total. The Bertz CT molecular complexity index is 840. The summed E-state index contributed by atoms with van der Waals surface area (Å²) in [4.78, 5) is 16.3. The van der Waals surface area contributed by atoms with Crippen molar-refractivity contribution in [2.45, 2.75) is 13.8 Å². The Morgan fingerprint density at radius 3 is 2.77 bits per heavy atom. The number of carbonyl (C=O) groups excluding carboxylic acids is 1. The normalized spacial score (nSPS) is 11.1. The van der Waals surface area contributed by atoms with Gasteiger partial charge in [-0.25, -0.2) is 4.98 Å². The number of anilines is 1. The van der Waals surface area contributed by atoms with Gasteiger partial charge in [-0.1, -0.05) is 19.9 Å². The Hall–Kier alpha value is -1.89. The Morgan fingerprint density at radius 2 is 2.05 bits per heavy atom. The molecule has 0 aliphatic rings. The first-order valence-corrected chi connectivity index (χ1v) is 8.08. The maximum atomic E-state index is 11.8. The van der Waals surface area contributed by atoms with Gasteiger partial charge in [-0.3, -0.25) is 4.79 Å². The second-order valence-electron chi connectivity index (χ2n) is 5.36. The highest BCUT2D eigenvalue weighted by atomic mass is 127. The molecule has 0 saturated heterocycles. The summed E-state index contributed by atoms with van der Waals surface area (Å²) >= 11 is 2.26. The Balaban J connectivity index is 1.95. The second kappa shape index (κ2) is 6.08. The van der Waals surface area contributed by atoms with E-state index in [9.17, 15) is 4.79 Å². The lowest BCUT2D eigenvalue weighted by molar-refractivity contribution is -0.118. The van der Waals surface area contributed by atoms with E-state index < -0.39 is 0 Å². The van der Waals surface area contributed by atoms with Gasteiger partial charge in [0.15, 0.2) is 5.58 Å². The molecule has 2 aromatic carbocycles. The first kappa shape index (κ1) is 15.0. The van der Waals surface area contributed by atoms with E-state index in [-0.39, 0.29) is 11.8 Å². The number of aromatic nitrogens is 1. The van der Waals surface area contributed by atoms with Gasteiger partial charge in [-0.05, 0) is 59.0 Å². The molecule has 0 unspecified atom stereocenters. The topological polar surface area (TPSA) is 55.1 Å². The molecule has 3 aromatic rings. The van der Waals surface area contributed by atoms with Gasteiger partial charge in [0, 0.05) is 20.7 Å². The molecule has 0 radical (unpaired) electrons. The van der Waals surface area contributed by atoms with Gasteiger partial charge in [0.1, 0.15) is 5.52 Å². The number of rotatable bonds is 3. The van der Waals surface area contributed by atoms with Gasteiger partial charge in [0.25, 0.3) is 0 Å². The van der Waals surface area contributed by atoms with E-state index in [0.717, 1.165) is 20.3 Å². The molecule has 0 fully saturated rings. The van der Waals surface area contributed by atoms with Gasteiger partial charge in [0.05, 0.1) is 0 Å². The number of benzene rings is 2. The van der Waals surface area contributed by atoms with E-state index >= 15 is 0 Å². The van der Waals surface area contributed by atoms with Crippen LogP contribution in [0.5, 0.6) is 0 Å². The van der Waals surface area contributed by atoms with Crippen LogP contribution in [0, 0.1) is 9.49 Å². The van der Waals surface area contributed by atoms with Crippen LogP contribution in [-0.4, -0.2) is 10.9 Å². The van der Waals surface area contributed by atoms with Crippen molar-refractivity contribution in [3.8, 4) is 11.5 Å². The van der Waals surface area contributed by atoms with Crippen LogP contribution in [0.2, 0.25) is 0 Å². The summed E-state index contributed by atoms with van der Waals surface area (Å²) in [5, 5.41) is 2.87. The minimum atomic E-state index is -0.0602. The summed E-state index contributed by atoms with van der Waals surface area (Å²) < 4.78 is 6.92. The van der Waals surface area contributed by atoms with Crippen LogP contribution in [-0.2, 0) is 4.79 Å². The van der Waals surface area contributed by atoms with Crippen LogP contribution >= 0.6 is 22.6 Å². The molecule has 3 rings (SSSR count). The number of hydrogen-bond acceptors (Lipinski definition) is 3. The lowest BCUT2D eigenvalue weighted by Crippen LogP contribution is -2.17. The van der Waals surface area contributed by atoms with Crippen molar-refractivity contribution >= 4 is 45.3 Å². The van der Waals surface area contributed by atoms with Crippen molar-refractivity contribution in [1.82, 2.24) is 4.98 Å². The second-order valence-corrected chi connectivity index (χ2v) is 6.60. The number of hydrogen-bond donors (Lipinski definition) is 1. The van der Waals surface area contributed by atoms with Gasteiger partial charge in [-0.15, -0.1) is 0 Å². The first-order chi connectivity index (χ1) is 10.5. The fourth-order valence-corrected chi connectivity index (χ4v) is 2.58. The van der Waals surface area contributed by atoms with Crippen molar-refractivity contribution in [2.24, 2.45) is 5.92 Å². The van der Waals surface area contributed by atoms with E-state index in [1.165, 1.54) is 0 Å². The lowest BCUT2D eigenvalue weighted by Gasteiger charge is -2.06. The predicted octanol–water partition coefficient (Wildman–Crippen LogP) is 4.69. The number of nitrogens with zero attached hydrogens (tertiary/aromatic N) is 1. The molecule has 0 aliphatic carbocycles. The SMILES string of the molecule is CC(C)C(=O)Nc1ccc2oc(-c3cccc(I)c3)nc2c1. The van der Waals surface area contributed by atoms with Gasteiger partial charge in [0.2, 0.25) is 11.8 Å². The number of amides is 1. The van der Waals surface area contributed by atoms with Gasteiger partial charge >= 0.3 is 0 Å². The van der Waals surface area contributed by atoms with Crippen molar-refractivity contribution in [1.29, 1.82) is 0 Å². The Morgan fingerprint density at radius 1 is 1.23 bits per heavy atom. The number of carbonyl (C=O) groups is 1. The molecule has 0 saturated carbocycles. The van der Waals surface area contributed by atoms with Crippen LogP contribution in [0.25, 0.3) is 22.6 Å². The van der Waals surface area contributed by atoms with E-state index in [4.69, 9.17) is 4.42 Å². The number of nitrogens with one attached hydrogen (secondary N) is 1. The number of fused-ring (bicyclic) bond motifs is 1. The minimum Gasteiger partial charge on any atom is -0.436 e. The summed E-state index contributed by atoms with van der Waals surface area (Å²) in [5.41, 5.74) is 3.11. The zero-order chi connectivity index (χ0) is 15.7.